The average Bonchev–Trinajstić information content (AvgIpc) is 2.80. The van der Waals surface area contributed by atoms with Crippen LogP contribution in [0.1, 0.15) is 19.3 Å². The number of benzene rings is 1. The van der Waals surface area contributed by atoms with Gasteiger partial charge in [0.1, 0.15) is 5.69 Å². The fraction of sp³-hybridized carbons (Fsp3) is 0.500. The van der Waals surface area contributed by atoms with Crippen molar-refractivity contribution in [3.8, 4) is 0 Å². The van der Waals surface area contributed by atoms with Crippen molar-refractivity contribution in [2.75, 3.05) is 11.9 Å². The van der Waals surface area contributed by atoms with Crippen LogP contribution < -0.4 is 11.1 Å². The van der Waals surface area contributed by atoms with Crippen molar-refractivity contribution >= 4 is 5.69 Å². The number of rotatable bonds is 3. The van der Waals surface area contributed by atoms with Gasteiger partial charge in [0.25, 0.3) is 0 Å². The molecule has 0 radical (unpaired) electrons. The molecule has 2 unspecified atom stereocenters. The Bertz CT molecular complexity index is 462. The molecule has 0 bridgehead atoms. The van der Waals surface area contributed by atoms with E-state index >= 15 is 0 Å². The van der Waals surface area contributed by atoms with E-state index in [4.69, 9.17) is 5.73 Å². The zero-order valence-corrected chi connectivity index (χ0v) is 9.95. The average molecular weight is 280 g/mol. The molecule has 1 saturated carbocycles. The van der Waals surface area contributed by atoms with Crippen molar-refractivity contribution in [3.05, 3.63) is 29.1 Å². The molecule has 0 saturated heterocycles. The topological polar surface area (TPSA) is 38.0 Å². The molecule has 1 fully saturated rings. The summed E-state index contributed by atoms with van der Waals surface area (Å²) in [5.41, 5.74) is 4.70. The van der Waals surface area contributed by atoms with Gasteiger partial charge in [-0.1, -0.05) is 0 Å². The van der Waals surface area contributed by atoms with Crippen molar-refractivity contribution in [2.24, 2.45) is 11.7 Å². The molecule has 0 aliphatic heterocycles. The second-order valence-corrected chi connectivity index (χ2v) is 4.76. The van der Waals surface area contributed by atoms with E-state index in [0.717, 1.165) is 12.8 Å². The molecule has 2 nitrogen and oxygen atoms in total. The minimum atomic E-state index is -2.15. The van der Waals surface area contributed by atoms with Gasteiger partial charge in [-0.2, -0.15) is 0 Å². The molecule has 3 N–H and O–H groups in total. The molecular weight excluding hydrogens is 267 g/mol. The van der Waals surface area contributed by atoms with E-state index in [9.17, 15) is 22.0 Å². The van der Waals surface area contributed by atoms with Crippen molar-refractivity contribution in [2.45, 2.75) is 25.3 Å². The third-order valence-corrected chi connectivity index (χ3v) is 3.36. The summed E-state index contributed by atoms with van der Waals surface area (Å²) in [5.74, 6) is -9.63. The monoisotopic (exact) mass is 280 g/mol. The normalized spacial score (nSPS) is 22.8. The molecule has 0 spiro atoms. The Kier molecular flexibility index (Phi) is 3.93. The van der Waals surface area contributed by atoms with Gasteiger partial charge >= 0.3 is 0 Å². The van der Waals surface area contributed by atoms with Gasteiger partial charge in [-0.05, 0) is 25.2 Å². The first-order chi connectivity index (χ1) is 8.91. The van der Waals surface area contributed by atoms with Crippen LogP contribution in [0.15, 0.2) is 0 Å². The molecule has 2 atom stereocenters. The van der Waals surface area contributed by atoms with Gasteiger partial charge in [0, 0.05) is 12.6 Å². The number of halogens is 5. The maximum Gasteiger partial charge on any atom is 0.200 e. The minimum Gasteiger partial charge on any atom is -0.380 e. The summed E-state index contributed by atoms with van der Waals surface area (Å²) >= 11 is 0. The highest BCUT2D eigenvalue weighted by Crippen LogP contribution is 2.29. The van der Waals surface area contributed by atoms with Crippen LogP contribution in [0.2, 0.25) is 0 Å². The van der Waals surface area contributed by atoms with E-state index in [1.54, 1.807) is 0 Å². The minimum absolute atomic E-state index is 0.0307. The van der Waals surface area contributed by atoms with E-state index in [-0.39, 0.29) is 18.5 Å². The summed E-state index contributed by atoms with van der Waals surface area (Å²) < 4.78 is 65.4. The Hall–Kier alpha value is -1.37. The first-order valence-electron chi connectivity index (χ1n) is 5.92. The zero-order chi connectivity index (χ0) is 14.2. The van der Waals surface area contributed by atoms with E-state index in [1.807, 2.05) is 0 Å². The van der Waals surface area contributed by atoms with Crippen LogP contribution in [0.4, 0.5) is 27.6 Å². The summed E-state index contributed by atoms with van der Waals surface area (Å²) in [4.78, 5) is 0. The van der Waals surface area contributed by atoms with E-state index in [0.29, 0.717) is 6.42 Å². The second-order valence-electron chi connectivity index (χ2n) is 4.76. The van der Waals surface area contributed by atoms with E-state index in [2.05, 4.69) is 5.32 Å². The highest BCUT2D eigenvalue weighted by Gasteiger charge is 2.27. The van der Waals surface area contributed by atoms with Gasteiger partial charge in [0.05, 0.1) is 0 Å². The lowest BCUT2D eigenvalue weighted by atomic mass is 10.1. The van der Waals surface area contributed by atoms with Gasteiger partial charge in [-0.15, -0.1) is 0 Å². The summed E-state index contributed by atoms with van der Waals surface area (Å²) in [6.45, 7) is 0.131. The third-order valence-electron chi connectivity index (χ3n) is 3.36. The van der Waals surface area contributed by atoms with Crippen molar-refractivity contribution < 1.29 is 22.0 Å². The second kappa shape index (κ2) is 5.32. The number of nitrogens with one attached hydrogen (secondary N) is 1. The lowest BCUT2D eigenvalue weighted by Crippen LogP contribution is -2.19. The zero-order valence-electron chi connectivity index (χ0n) is 9.95. The maximum atomic E-state index is 13.3. The predicted octanol–water partition coefficient (Wildman–Crippen LogP) is 2.92. The van der Waals surface area contributed by atoms with Gasteiger partial charge < -0.3 is 11.1 Å². The Balaban J connectivity index is 2.16. The van der Waals surface area contributed by atoms with Crippen LogP contribution in [0.25, 0.3) is 0 Å². The lowest BCUT2D eigenvalue weighted by Gasteiger charge is -2.14. The molecule has 0 heterocycles. The lowest BCUT2D eigenvalue weighted by molar-refractivity contribution is 0.380. The molecule has 1 aromatic carbocycles. The van der Waals surface area contributed by atoms with E-state index < -0.39 is 34.8 Å². The number of anilines is 1. The predicted molar refractivity (Wildman–Crippen MR) is 60.0 cm³/mol. The smallest absolute Gasteiger partial charge is 0.200 e. The van der Waals surface area contributed by atoms with Crippen molar-refractivity contribution in [3.63, 3.8) is 0 Å². The number of nitrogens with two attached hydrogens (primary N) is 1. The van der Waals surface area contributed by atoms with Crippen LogP contribution >= 0.6 is 0 Å². The molecular formula is C12H13F5N2. The molecule has 19 heavy (non-hydrogen) atoms. The van der Waals surface area contributed by atoms with Gasteiger partial charge in [-0.25, -0.2) is 22.0 Å². The van der Waals surface area contributed by atoms with Crippen LogP contribution in [0, 0.1) is 35.0 Å². The molecule has 1 aromatic rings. The molecule has 1 aliphatic carbocycles. The quantitative estimate of drug-likeness (QED) is 0.507. The number of hydrogen-bond acceptors (Lipinski definition) is 2. The third kappa shape index (κ3) is 2.65. The Morgan fingerprint density at radius 1 is 0.895 bits per heavy atom. The molecule has 7 heteroatoms. The standard InChI is InChI=1S/C12H13F5N2/c13-7-8(14)10(16)12(11(17)9(7)15)19-4-5-1-2-6(18)3-5/h5-6,19H,1-4,18H2. The van der Waals surface area contributed by atoms with Gasteiger partial charge in [0.15, 0.2) is 23.3 Å². The molecule has 0 aromatic heterocycles. The van der Waals surface area contributed by atoms with Crippen LogP contribution in [-0.4, -0.2) is 12.6 Å². The molecule has 2 rings (SSSR count). The van der Waals surface area contributed by atoms with Crippen LogP contribution in [0.3, 0.4) is 0 Å². The number of hydrogen-bond donors (Lipinski definition) is 2. The Morgan fingerprint density at radius 3 is 1.89 bits per heavy atom. The van der Waals surface area contributed by atoms with E-state index in [1.165, 1.54) is 0 Å². The largest absolute Gasteiger partial charge is 0.380 e. The van der Waals surface area contributed by atoms with Crippen LogP contribution in [-0.2, 0) is 0 Å². The summed E-state index contributed by atoms with van der Waals surface area (Å²) in [5, 5.41) is 2.30. The Labute approximate surface area is 106 Å². The summed E-state index contributed by atoms with van der Waals surface area (Å²) in [6.07, 6.45) is 2.23. The fourth-order valence-corrected chi connectivity index (χ4v) is 2.31. The van der Waals surface area contributed by atoms with Gasteiger partial charge in [-0.3, -0.25) is 0 Å². The van der Waals surface area contributed by atoms with Crippen LogP contribution in [0.5, 0.6) is 0 Å². The highest BCUT2D eigenvalue weighted by atomic mass is 19.2. The molecule has 1 aliphatic rings. The highest BCUT2D eigenvalue weighted by molar-refractivity contribution is 5.47. The molecule has 0 amide bonds. The fourth-order valence-electron chi connectivity index (χ4n) is 2.31. The summed E-state index contributed by atoms with van der Waals surface area (Å²) in [6, 6.07) is 0.0307. The summed E-state index contributed by atoms with van der Waals surface area (Å²) in [7, 11) is 0. The van der Waals surface area contributed by atoms with Crippen molar-refractivity contribution in [1.82, 2.24) is 0 Å². The first kappa shape index (κ1) is 14.0. The first-order valence-corrected chi connectivity index (χ1v) is 5.92. The Morgan fingerprint density at radius 2 is 1.42 bits per heavy atom. The van der Waals surface area contributed by atoms with Crippen molar-refractivity contribution in [1.29, 1.82) is 0 Å². The maximum absolute atomic E-state index is 13.3. The molecule has 106 valence electrons. The SMILES string of the molecule is NC1CCC(CNc2c(F)c(F)c(F)c(F)c2F)C1. The van der Waals surface area contributed by atoms with Gasteiger partial charge in [0.2, 0.25) is 5.82 Å².